The van der Waals surface area contributed by atoms with Crippen molar-refractivity contribution in [2.75, 3.05) is 0 Å². The highest BCUT2D eigenvalue weighted by Gasteiger charge is 2.22. The van der Waals surface area contributed by atoms with Gasteiger partial charge in [-0.05, 0) is 35.2 Å². The number of halogens is 1. The van der Waals surface area contributed by atoms with Crippen LogP contribution in [0.5, 0.6) is 5.75 Å². The topological polar surface area (TPSA) is 84.6 Å². The zero-order valence-electron chi connectivity index (χ0n) is 20.1. The first kappa shape index (κ1) is 25.5. The van der Waals surface area contributed by atoms with Crippen LogP contribution >= 0.6 is 11.6 Å². The van der Waals surface area contributed by atoms with Gasteiger partial charge in [0.15, 0.2) is 0 Å². The second kappa shape index (κ2) is 11.9. The molecule has 0 aliphatic rings. The Morgan fingerprint density at radius 1 is 1.00 bits per heavy atom. The third kappa shape index (κ3) is 5.96. The standard InChI is InChI=1S/C29H29ClN2O4/c1-2-3-9-26-31-25(19-33)28(30)32(26)18-20-10-16-24(17-11-20)36-27(29(34)35)23-14-12-22(13-15-23)21-7-5-4-6-8-21/h4-8,10-17,27,33H,2-3,9,18-19H2,1H3,(H,34,35). The Morgan fingerprint density at radius 2 is 1.67 bits per heavy atom. The summed E-state index contributed by atoms with van der Waals surface area (Å²) in [6.07, 6.45) is 1.66. The van der Waals surface area contributed by atoms with Crippen LogP contribution in [0.3, 0.4) is 0 Å². The quantitative estimate of drug-likeness (QED) is 0.251. The summed E-state index contributed by atoms with van der Waals surface area (Å²) in [7, 11) is 0. The van der Waals surface area contributed by atoms with Gasteiger partial charge in [-0.3, -0.25) is 0 Å². The van der Waals surface area contributed by atoms with E-state index in [1.165, 1.54) is 0 Å². The highest BCUT2D eigenvalue weighted by atomic mass is 35.5. The van der Waals surface area contributed by atoms with Gasteiger partial charge in [0.1, 0.15) is 22.4 Å². The summed E-state index contributed by atoms with van der Waals surface area (Å²) in [6, 6.07) is 24.6. The van der Waals surface area contributed by atoms with Crippen LogP contribution in [0.1, 0.15) is 48.5 Å². The second-order valence-electron chi connectivity index (χ2n) is 8.58. The number of carboxylic acids is 1. The molecule has 186 valence electrons. The fourth-order valence-electron chi connectivity index (χ4n) is 4.05. The molecule has 1 heterocycles. The predicted octanol–water partition coefficient (Wildman–Crippen LogP) is 6.29. The van der Waals surface area contributed by atoms with Crippen LogP contribution in [-0.2, 0) is 24.4 Å². The molecule has 0 bridgehead atoms. The maximum atomic E-state index is 12.0. The molecule has 6 nitrogen and oxygen atoms in total. The summed E-state index contributed by atoms with van der Waals surface area (Å²) in [5.74, 6) is 0.238. The molecular formula is C29H29ClN2O4. The number of aliphatic hydroxyl groups excluding tert-OH is 1. The molecule has 3 aromatic carbocycles. The summed E-state index contributed by atoms with van der Waals surface area (Å²) >= 11 is 6.46. The molecule has 4 rings (SSSR count). The van der Waals surface area contributed by atoms with Crippen molar-refractivity contribution in [3.8, 4) is 16.9 Å². The number of benzene rings is 3. The Balaban J connectivity index is 1.48. The van der Waals surface area contributed by atoms with Crippen molar-refractivity contribution in [3.63, 3.8) is 0 Å². The first-order valence-corrected chi connectivity index (χ1v) is 12.4. The Labute approximate surface area is 215 Å². The van der Waals surface area contributed by atoms with Crippen LogP contribution in [0.2, 0.25) is 5.15 Å². The number of rotatable bonds is 11. The Bertz CT molecular complexity index is 1290. The van der Waals surface area contributed by atoms with Crippen LogP contribution in [0.15, 0.2) is 78.9 Å². The molecule has 0 fully saturated rings. The lowest BCUT2D eigenvalue weighted by Gasteiger charge is -2.16. The highest BCUT2D eigenvalue weighted by molar-refractivity contribution is 6.30. The fourth-order valence-corrected chi connectivity index (χ4v) is 4.31. The number of unbranched alkanes of at least 4 members (excludes halogenated alkanes) is 1. The summed E-state index contributed by atoms with van der Waals surface area (Å²) < 4.78 is 7.77. The SMILES string of the molecule is CCCCc1nc(CO)c(Cl)n1Cc1ccc(OC(C(=O)O)c2ccc(-c3ccccc3)cc2)cc1. The van der Waals surface area contributed by atoms with Crippen molar-refractivity contribution < 1.29 is 19.7 Å². The lowest BCUT2D eigenvalue weighted by Crippen LogP contribution is -2.18. The number of nitrogens with zero attached hydrogens (tertiary/aromatic N) is 2. The average molecular weight is 505 g/mol. The number of ether oxygens (including phenoxy) is 1. The molecule has 7 heteroatoms. The molecule has 36 heavy (non-hydrogen) atoms. The molecule has 2 N–H and O–H groups in total. The van der Waals surface area contributed by atoms with E-state index in [2.05, 4.69) is 11.9 Å². The minimum absolute atomic E-state index is 0.208. The van der Waals surface area contributed by atoms with Crippen molar-refractivity contribution in [2.45, 2.75) is 45.4 Å². The summed E-state index contributed by atoms with van der Waals surface area (Å²) in [5, 5.41) is 19.8. The summed E-state index contributed by atoms with van der Waals surface area (Å²) in [4.78, 5) is 16.5. The monoisotopic (exact) mass is 504 g/mol. The van der Waals surface area contributed by atoms with Crippen molar-refractivity contribution >= 4 is 17.6 Å². The number of aryl methyl sites for hydroxylation is 1. The molecule has 1 aromatic heterocycles. The number of carboxylic acid groups (broad SMARTS) is 1. The van der Waals surface area contributed by atoms with Gasteiger partial charge in [0.2, 0.25) is 6.10 Å². The number of hydrogen-bond donors (Lipinski definition) is 2. The number of carbonyl (C=O) groups is 1. The molecule has 0 radical (unpaired) electrons. The van der Waals surface area contributed by atoms with Gasteiger partial charge in [-0.25, -0.2) is 9.78 Å². The van der Waals surface area contributed by atoms with E-state index in [0.717, 1.165) is 41.8 Å². The third-order valence-electron chi connectivity index (χ3n) is 6.02. The van der Waals surface area contributed by atoms with E-state index in [-0.39, 0.29) is 6.61 Å². The van der Waals surface area contributed by atoms with Crippen molar-refractivity contribution in [3.05, 3.63) is 107 Å². The van der Waals surface area contributed by atoms with Crippen molar-refractivity contribution in [1.82, 2.24) is 9.55 Å². The van der Waals surface area contributed by atoms with Gasteiger partial charge in [0, 0.05) is 12.0 Å². The van der Waals surface area contributed by atoms with Gasteiger partial charge in [-0.1, -0.05) is 91.7 Å². The van der Waals surface area contributed by atoms with Crippen molar-refractivity contribution in [1.29, 1.82) is 0 Å². The van der Waals surface area contributed by atoms with E-state index in [1.807, 2.05) is 59.2 Å². The second-order valence-corrected chi connectivity index (χ2v) is 8.94. The number of hydrogen-bond acceptors (Lipinski definition) is 4. The minimum atomic E-state index is -1.13. The first-order chi connectivity index (χ1) is 17.5. The van der Waals surface area contributed by atoms with Crippen LogP contribution < -0.4 is 4.74 Å². The zero-order valence-corrected chi connectivity index (χ0v) is 20.9. The van der Waals surface area contributed by atoms with Gasteiger partial charge >= 0.3 is 5.97 Å². The summed E-state index contributed by atoms with van der Waals surface area (Å²) in [6.45, 7) is 2.40. The highest BCUT2D eigenvalue weighted by Crippen LogP contribution is 2.27. The predicted molar refractivity (Wildman–Crippen MR) is 140 cm³/mol. The lowest BCUT2D eigenvalue weighted by atomic mass is 10.0. The zero-order chi connectivity index (χ0) is 25.5. The van der Waals surface area contributed by atoms with Gasteiger partial charge in [-0.15, -0.1) is 0 Å². The molecule has 0 saturated carbocycles. The normalized spacial score (nSPS) is 11.9. The average Bonchev–Trinajstić information content (AvgIpc) is 3.21. The van der Waals surface area contributed by atoms with E-state index in [9.17, 15) is 15.0 Å². The lowest BCUT2D eigenvalue weighted by molar-refractivity contribution is -0.145. The van der Waals surface area contributed by atoms with Crippen LogP contribution in [-0.4, -0.2) is 25.7 Å². The van der Waals surface area contributed by atoms with E-state index in [1.54, 1.807) is 24.3 Å². The van der Waals surface area contributed by atoms with Gasteiger partial charge in [-0.2, -0.15) is 0 Å². The Hall–Kier alpha value is -3.61. The number of aliphatic carboxylic acids is 1. The molecular weight excluding hydrogens is 476 g/mol. The van der Waals surface area contributed by atoms with E-state index < -0.39 is 12.1 Å². The summed E-state index contributed by atoms with van der Waals surface area (Å²) in [5.41, 5.74) is 4.07. The Morgan fingerprint density at radius 3 is 2.28 bits per heavy atom. The number of aromatic nitrogens is 2. The van der Waals surface area contributed by atoms with Gasteiger partial charge < -0.3 is 19.5 Å². The van der Waals surface area contributed by atoms with Crippen molar-refractivity contribution in [2.24, 2.45) is 0 Å². The minimum Gasteiger partial charge on any atom is -0.478 e. The largest absolute Gasteiger partial charge is 0.478 e. The molecule has 0 saturated heterocycles. The van der Waals surface area contributed by atoms with Crippen LogP contribution in [0.25, 0.3) is 11.1 Å². The molecule has 0 aliphatic heterocycles. The number of imidazole rings is 1. The van der Waals surface area contributed by atoms with Gasteiger partial charge in [0.05, 0.1) is 13.2 Å². The molecule has 1 atom stereocenters. The van der Waals surface area contributed by atoms with Gasteiger partial charge in [0.25, 0.3) is 0 Å². The molecule has 0 spiro atoms. The Kier molecular flexibility index (Phi) is 8.41. The van der Waals surface area contributed by atoms with E-state index in [4.69, 9.17) is 16.3 Å². The van der Waals surface area contributed by atoms with E-state index in [0.29, 0.717) is 28.7 Å². The first-order valence-electron chi connectivity index (χ1n) is 12.0. The molecule has 1 unspecified atom stereocenters. The third-order valence-corrected chi connectivity index (χ3v) is 6.44. The smallest absolute Gasteiger partial charge is 0.349 e. The molecule has 0 aliphatic carbocycles. The van der Waals surface area contributed by atoms with E-state index >= 15 is 0 Å². The van der Waals surface area contributed by atoms with Crippen LogP contribution in [0.4, 0.5) is 0 Å². The van der Waals surface area contributed by atoms with Crippen LogP contribution in [0, 0.1) is 0 Å². The maximum absolute atomic E-state index is 12.0. The maximum Gasteiger partial charge on any atom is 0.349 e. The molecule has 4 aromatic rings. The fraction of sp³-hybridized carbons (Fsp3) is 0.241. The number of aliphatic hydroxyl groups is 1. The molecule has 0 amide bonds.